The van der Waals surface area contributed by atoms with Gasteiger partial charge in [0.05, 0.1) is 16.6 Å². The lowest BCUT2D eigenvalue weighted by Gasteiger charge is -2.21. The van der Waals surface area contributed by atoms with Gasteiger partial charge in [0.1, 0.15) is 0 Å². The Morgan fingerprint density at radius 3 is 2.41 bits per heavy atom. The number of hydrogen-bond donors (Lipinski definition) is 2. The predicted octanol–water partition coefficient (Wildman–Crippen LogP) is 2.04. The van der Waals surface area contributed by atoms with Crippen LogP contribution in [0.25, 0.3) is 11.0 Å². The Hall–Kier alpha value is -2.28. The van der Waals surface area contributed by atoms with Gasteiger partial charge in [0.15, 0.2) is 11.6 Å². The molecule has 1 heterocycles. The van der Waals surface area contributed by atoms with E-state index in [1.165, 1.54) is 0 Å². The van der Waals surface area contributed by atoms with Crippen molar-refractivity contribution in [1.82, 2.24) is 9.97 Å². The first-order valence-corrected chi connectivity index (χ1v) is 5.30. The van der Waals surface area contributed by atoms with Crippen molar-refractivity contribution in [2.45, 2.75) is 19.4 Å². The second kappa shape index (κ2) is 3.95. The van der Waals surface area contributed by atoms with Crippen molar-refractivity contribution in [1.29, 1.82) is 0 Å². The van der Waals surface area contributed by atoms with E-state index in [9.17, 15) is 0 Å². The minimum absolute atomic E-state index is 0.354. The zero-order valence-corrected chi connectivity index (χ0v) is 9.86. The molecule has 0 unspecified atom stereocenters. The van der Waals surface area contributed by atoms with Crippen molar-refractivity contribution < 1.29 is 0 Å². The highest BCUT2D eigenvalue weighted by Crippen LogP contribution is 2.21. The minimum atomic E-state index is -0.509. The minimum Gasteiger partial charge on any atom is -0.381 e. The van der Waals surface area contributed by atoms with Crippen molar-refractivity contribution in [2.24, 2.45) is 0 Å². The molecule has 1 aromatic heterocycles. The number of nitrogen functional groups attached to an aromatic ring is 1. The number of nitrogens with zero attached hydrogens (tertiary/aromatic N) is 2. The summed E-state index contributed by atoms with van der Waals surface area (Å²) in [5, 5.41) is 3.09. The molecule has 0 radical (unpaired) electrons. The van der Waals surface area contributed by atoms with E-state index in [0.29, 0.717) is 11.6 Å². The highest BCUT2D eigenvalue weighted by Gasteiger charge is 2.16. The lowest BCUT2D eigenvalue weighted by molar-refractivity contribution is 0.737. The van der Waals surface area contributed by atoms with Gasteiger partial charge < -0.3 is 11.1 Å². The Morgan fingerprint density at radius 1 is 1.24 bits per heavy atom. The number of para-hydroxylation sites is 2. The molecule has 0 bridgehead atoms. The maximum Gasteiger partial charge on any atom is 0.170 e. The van der Waals surface area contributed by atoms with Gasteiger partial charge in [0, 0.05) is 0 Å². The number of rotatable bonds is 2. The molecule has 4 heteroatoms. The van der Waals surface area contributed by atoms with Crippen molar-refractivity contribution in [3.63, 3.8) is 0 Å². The fourth-order valence-corrected chi connectivity index (χ4v) is 1.44. The van der Waals surface area contributed by atoms with Gasteiger partial charge in [-0.05, 0) is 26.0 Å². The first-order chi connectivity index (χ1) is 8.02. The number of nitrogens with two attached hydrogens (primary N) is 1. The third-order valence-corrected chi connectivity index (χ3v) is 2.39. The van der Waals surface area contributed by atoms with Crippen LogP contribution in [-0.2, 0) is 0 Å². The van der Waals surface area contributed by atoms with Gasteiger partial charge in [-0.15, -0.1) is 6.42 Å². The molecule has 0 aliphatic carbocycles. The number of terminal acetylenes is 1. The molecule has 0 spiro atoms. The molecule has 0 aliphatic rings. The Labute approximate surface area is 100 Å². The standard InChI is InChI=1S/C13H14N4/c1-4-13(2,3)17-12-11(14)15-9-7-5-6-8-10(9)16-12/h1,5-8H,2-3H3,(H2,14,15)(H,16,17). The zero-order chi connectivity index (χ0) is 12.5. The number of hydrogen-bond acceptors (Lipinski definition) is 4. The molecule has 0 atom stereocenters. The van der Waals surface area contributed by atoms with Crippen LogP contribution in [-0.4, -0.2) is 15.5 Å². The zero-order valence-electron chi connectivity index (χ0n) is 9.86. The van der Waals surface area contributed by atoms with E-state index in [1.54, 1.807) is 0 Å². The van der Waals surface area contributed by atoms with E-state index in [2.05, 4.69) is 21.2 Å². The van der Waals surface area contributed by atoms with Gasteiger partial charge in [0.2, 0.25) is 0 Å². The van der Waals surface area contributed by atoms with Crippen molar-refractivity contribution >= 4 is 22.7 Å². The summed E-state index contributed by atoms with van der Waals surface area (Å²) in [4.78, 5) is 8.69. The summed E-state index contributed by atoms with van der Waals surface area (Å²) >= 11 is 0. The molecule has 0 fully saturated rings. The van der Waals surface area contributed by atoms with Crippen LogP contribution in [0.5, 0.6) is 0 Å². The van der Waals surface area contributed by atoms with Crippen LogP contribution >= 0.6 is 0 Å². The van der Waals surface area contributed by atoms with Crippen LogP contribution < -0.4 is 11.1 Å². The molecule has 4 nitrogen and oxygen atoms in total. The smallest absolute Gasteiger partial charge is 0.170 e. The number of fused-ring (bicyclic) bond motifs is 1. The average molecular weight is 226 g/mol. The molecule has 86 valence electrons. The van der Waals surface area contributed by atoms with Crippen molar-refractivity contribution in [3.05, 3.63) is 24.3 Å². The average Bonchev–Trinajstić information content (AvgIpc) is 2.30. The van der Waals surface area contributed by atoms with Gasteiger partial charge >= 0.3 is 0 Å². The summed E-state index contributed by atoms with van der Waals surface area (Å²) in [5.41, 5.74) is 6.90. The van der Waals surface area contributed by atoms with Gasteiger partial charge in [-0.25, -0.2) is 9.97 Å². The van der Waals surface area contributed by atoms with E-state index in [0.717, 1.165) is 11.0 Å². The molecule has 0 amide bonds. The summed E-state index contributed by atoms with van der Waals surface area (Å²) < 4.78 is 0. The quantitative estimate of drug-likeness (QED) is 0.769. The molecule has 1 aromatic carbocycles. The first-order valence-electron chi connectivity index (χ1n) is 5.30. The van der Waals surface area contributed by atoms with E-state index in [4.69, 9.17) is 12.2 Å². The highest BCUT2D eigenvalue weighted by molar-refractivity contribution is 5.79. The third kappa shape index (κ3) is 2.28. The van der Waals surface area contributed by atoms with E-state index in [-0.39, 0.29) is 0 Å². The fourth-order valence-electron chi connectivity index (χ4n) is 1.44. The Kier molecular flexibility index (Phi) is 2.60. The predicted molar refractivity (Wildman–Crippen MR) is 70.5 cm³/mol. The molecule has 2 aromatic rings. The van der Waals surface area contributed by atoms with E-state index < -0.39 is 5.54 Å². The van der Waals surface area contributed by atoms with Crippen LogP contribution in [0.4, 0.5) is 11.6 Å². The SMILES string of the molecule is C#CC(C)(C)Nc1nc2ccccc2nc1N. The topological polar surface area (TPSA) is 63.8 Å². The summed E-state index contributed by atoms with van der Waals surface area (Å²) in [6.07, 6.45) is 5.42. The molecule has 3 N–H and O–H groups in total. The highest BCUT2D eigenvalue weighted by atomic mass is 15.1. The van der Waals surface area contributed by atoms with Crippen LogP contribution in [0.3, 0.4) is 0 Å². The summed E-state index contributed by atoms with van der Waals surface area (Å²) in [6, 6.07) is 7.56. The van der Waals surface area contributed by atoms with Crippen molar-refractivity contribution in [2.75, 3.05) is 11.1 Å². The molecular formula is C13H14N4. The largest absolute Gasteiger partial charge is 0.381 e. The fraction of sp³-hybridized carbons (Fsp3) is 0.231. The molecule has 0 saturated heterocycles. The first kappa shape index (κ1) is 11.2. The number of aromatic nitrogens is 2. The third-order valence-electron chi connectivity index (χ3n) is 2.39. The maximum atomic E-state index is 5.84. The molecule has 0 saturated carbocycles. The molecule has 0 aliphatic heterocycles. The number of benzene rings is 1. The monoisotopic (exact) mass is 226 g/mol. The Morgan fingerprint density at radius 2 is 1.82 bits per heavy atom. The van der Waals surface area contributed by atoms with Crippen molar-refractivity contribution in [3.8, 4) is 12.3 Å². The van der Waals surface area contributed by atoms with E-state index in [1.807, 2.05) is 38.1 Å². The molecule has 17 heavy (non-hydrogen) atoms. The van der Waals surface area contributed by atoms with Crippen LogP contribution in [0.2, 0.25) is 0 Å². The normalized spacial score (nSPS) is 11.1. The van der Waals surface area contributed by atoms with Crippen LogP contribution in [0, 0.1) is 12.3 Å². The van der Waals surface area contributed by atoms with Gasteiger partial charge in [-0.2, -0.15) is 0 Å². The van der Waals surface area contributed by atoms with Gasteiger partial charge in [0.25, 0.3) is 0 Å². The van der Waals surface area contributed by atoms with E-state index >= 15 is 0 Å². The molecule has 2 rings (SSSR count). The molecular weight excluding hydrogens is 212 g/mol. The van der Waals surface area contributed by atoms with Crippen LogP contribution in [0.15, 0.2) is 24.3 Å². The summed E-state index contributed by atoms with van der Waals surface area (Å²) in [6.45, 7) is 3.76. The Bertz CT molecular complexity index is 596. The number of nitrogens with one attached hydrogen (secondary N) is 1. The lowest BCUT2D eigenvalue weighted by atomic mass is 10.1. The van der Waals surface area contributed by atoms with Crippen LogP contribution in [0.1, 0.15) is 13.8 Å². The second-order valence-electron chi connectivity index (χ2n) is 4.34. The Balaban J connectivity index is 2.49. The number of anilines is 2. The van der Waals surface area contributed by atoms with Gasteiger partial charge in [-0.3, -0.25) is 0 Å². The summed E-state index contributed by atoms with van der Waals surface area (Å²) in [5.74, 6) is 3.50. The maximum absolute atomic E-state index is 5.84. The van der Waals surface area contributed by atoms with Gasteiger partial charge in [-0.1, -0.05) is 18.1 Å². The summed E-state index contributed by atoms with van der Waals surface area (Å²) in [7, 11) is 0. The lowest BCUT2D eigenvalue weighted by Crippen LogP contribution is -2.29. The second-order valence-corrected chi connectivity index (χ2v) is 4.34.